The van der Waals surface area contributed by atoms with Crippen molar-refractivity contribution in [3.8, 4) is 5.88 Å². The Morgan fingerprint density at radius 3 is 2.63 bits per heavy atom. The zero-order valence-corrected chi connectivity index (χ0v) is 28.7. The molecule has 4 rings (SSSR count). The van der Waals surface area contributed by atoms with Crippen molar-refractivity contribution in [3.05, 3.63) is 34.5 Å². The van der Waals surface area contributed by atoms with E-state index in [-0.39, 0.29) is 23.8 Å². The Labute approximate surface area is 283 Å². The molecule has 1 saturated heterocycles. The van der Waals surface area contributed by atoms with Gasteiger partial charge in [0.2, 0.25) is 11.8 Å². The van der Waals surface area contributed by atoms with Gasteiger partial charge in [0, 0.05) is 81.7 Å². The molecule has 3 aliphatic rings. The number of aromatic nitrogens is 1. The number of hydrogen-bond acceptors (Lipinski definition) is 9. The van der Waals surface area contributed by atoms with Crippen molar-refractivity contribution in [2.75, 3.05) is 64.8 Å². The minimum Gasteiger partial charge on any atom is -0.481 e. The molecule has 13 heteroatoms. The van der Waals surface area contributed by atoms with Gasteiger partial charge in [-0.25, -0.2) is 4.98 Å². The predicted molar refractivity (Wildman–Crippen MR) is 183 cm³/mol. The summed E-state index contributed by atoms with van der Waals surface area (Å²) in [6.45, 7) is 11.2. The van der Waals surface area contributed by atoms with Crippen molar-refractivity contribution in [3.63, 3.8) is 0 Å². The maximum Gasteiger partial charge on any atom is 0.306 e. The Hall–Kier alpha value is -2.44. The van der Waals surface area contributed by atoms with E-state index in [1.165, 1.54) is 0 Å². The van der Waals surface area contributed by atoms with Crippen molar-refractivity contribution in [1.82, 2.24) is 30.7 Å². The molecule has 2 aliphatic heterocycles. The van der Waals surface area contributed by atoms with Crippen LogP contribution in [0.5, 0.6) is 5.88 Å². The zero-order chi connectivity index (χ0) is 32.9. The molecule has 0 bridgehead atoms. The summed E-state index contributed by atoms with van der Waals surface area (Å²) in [6.07, 6.45) is 7.73. The third-order valence-corrected chi connectivity index (χ3v) is 9.46. The Balaban J connectivity index is 1.43. The fourth-order valence-corrected chi connectivity index (χ4v) is 6.79. The van der Waals surface area contributed by atoms with E-state index in [1.54, 1.807) is 13.3 Å². The van der Waals surface area contributed by atoms with Crippen LogP contribution in [0.2, 0.25) is 0 Å². The highest BCUT2D eigenvalue weighted by Crippen LogP contribution is 2.32. The summed E-state index contributed by atoms with van der Waals surface area (Å²) < 4.78 is 6.54. The lowest BCUT2D eigenvalue weighted by Crippen LogP contribution is -2.51. The number of nitrogens with zero attached hydrogens (tertiary/aromatic N) is 4. The predicted octanol–water partition coefficient (Wildman–Crippen LogP) is 3.42. The molecule has 3 heterocycles. The topological polar surface area (TPSA) is 131 Å². The maximum absolute atomic E-state index is 11.4. The molecule has 11 nitrogen and oxygen atoms in total. The number of carboxylic acid groups (broad SMARTS) is 1. The van der Waals surface area contributed by atoms with Crippen LogP contribution in [0, 0.1) is 11.8 Å². The van der Waals surface area contributed by atoms with E-state index in [1.807, 2.05) is 19.1 Å². The van der Waals surface area contributed by atoms with E-state index in [0.717, 1.165) is 76.5 Å². The van der Waals surface area contributed by atoms with Crippen LogP contribution in [0.4, 0.5) is 0 Å². The van der Waals surface area contributed by atoms with E-state index in [2.05, 4.69) is 36.8 Å². The first-order valence-electron chi connectivity index (χ1n) is 16.6. The van der Waals surface area contributed by atoms with Gasteiger partial charge in [0.25, 0.3) is 0 Å². The summed E-state index contributed by atoms with van der Waals surface area (Å²) in [4.78, 5) is 37.0. The van der Waals surface area contributed by atoms with Gasteiger partial charge in [0.05, 0.1) is 24.5 Å². The first-order valence-corrected chi connectivity index (χ1v) is 17.5. The number of aliphatic carboxylic acids is 1. The van der Waals surface area contributed by atoms with Crippen molar-refractivity contribution in [1.29, 1.82) is 0 Å². The van der Waals surface area contributed by atoms with Gasteiger partial charge < -0.3 is 25.8 Å². The average Bonchev–Trinajstić information content (AvgIpc) is 2.97. The van der Waals surface area contributed by atoms with Crippen LogP contribution >= 0.6 is 23.2 Å². The molecule has 46 heavy (non-hydrogen) atoms. The largest absolute Gasteiger partial charge is 0.481 e. The normalized spacial score (nSPS) is 25.0. The molecule has 0 spiro atoms. The summed E-state index contributed by atoms with van der Waals surface area (Å²) >= 11 is 12.5. The second-order valence-corrected chi connectivity index (χ2v) is 13.8. The van der Waals surface area contributed by atoms with Gasteiger partial charge in [0.1, 0.15) is 6.10 Å². The lowest BCUT2D eigenvalue weighted by Gasteiger charge is -2.41. The number of nitrogens with one attached hydrogen (secondary N) is 3. The summed E-state index contributed by atoms with van der Waals surface area (Å²) in [7, 11) is 0. The molecule has 1 saturated carbocycles. The van der Waals surface area contributed by atoms with Crippen molar-refractivity contribution < 1.29 is 19.4 Å². The fourth-order valence-electron chi connectivity index (χ4n) is 6.40. The van der Waals surface area contributed by atoms with E-state index in [4.69, 9.17) is 32.9 Å². The van der Waals surface area contributed by atoms with Crippen LogP contribution in [0.25, 0.3) is 0 Å². The van der Waals surface area contributed by atoms with E-state index < -0.39 is 5.97 Å². The lowest BCUT2D eigenvalue weighted by atomic mass is 9.79. The molecule has 256 valence electrons. The number of hydrogen-bond donors (Lipinski definition) is 4. The molecule has 1 amide bonds. The average molecular weight is 681 g/mol. The van der Waals surface area contributed by atoms with Crippen molar-refractivity contribution in [2.45, 2.75) is 70.6 Å². The second kappa shape index (κ2) is 18.8. The number of rotatable bonds is 12. The molecule has 1 aromatic rings. The van der Waals surface area contributed by atoms with Gasteiger partial charge >= 0.3 is 5.97 Å². The van der Waals surface area contributed by atoms with Crippen LogP contribution in [0.15, 0.2) is 28.2 Å². The van der Waals surface area contributed by atoms with Gasteiger partial charge in [-0.05, 0) is 69.7 Å². The molecule has 2 fully saturated rings. The monoisotopic (exact) mass is 679 g/mol. The quantitative estimate of drug-likeness (QED) is 0.246. The molecular weight excluding hydrogens is 629 g/mol. The number of halogens is 2. The van der Waals surface area contributed by atoms with Crippen LogP contribution < -0.4 is 20.7 Å². The van der Waals surface area contributed by atoms with Crippen LogP contribution in [-0.2, 0) is 16.1 Å². The zero-order valence-electron chi connectivity index (χ0n) is 27.2. The van der Waals surface area contributed by atoms with Crippen LogP contribution in [0.1, 0.15) is 63.1 Å². The minimum atomic E-state index is -0.694. The fraction of sp³-hybridized carbons (Fsp3) is 0.697. The smallest absolute Gasteiger partial charge is 0.306 e. The molecule has 2 atom stereocenters. The number of carboxylic acids is 1. The van der Waals surface area contributed by atoms with E-state index >= 15 is 0 Å². The third kappa shape index (κ3) is 12.0. The first-order chi connectivity index (χ1) is 22.2. The number of carbonyl (C=O) groups is 2. The van der Waals surface area contributed by atoms with Crippen LogP contribution in [-0.4, -0.2) is 115 Å². The van der Waals surface area contributed by atoms with Crippen molar-refractivity contribution >= 4 is 41.4 Å². The summed E-state index contributed by atoms with van der Waals surface area (Å²) in [5.74, 6) is 0.621. The van der Waals surface area contributed by atoms with Crippen molar-refractivity contribution in [2.24, 2.45) is 16.8 Å². The Morgan fingerprint density at radius 2 is 1.93 bits per heavy atom. The lowest BCUT2D eigenvalue weighted by molar-refractivity contribution is -0.147. The standard InChI is InChI=1S/C33H51Cl2N7O4/c1-23(35)13-27(3-6-34)31-14-26(21-41-9-4-25(5-10-41)18-39-24(2)43)15-32(40-31)46-30-19-36-7-11-42(12-8-37-22-38-20-30)29-16-28(17-29)33(44)45/h13-15,22,25,27-30,36H,3-12,16-21H2,1-2H3,(H,37,38)(H,39,43)(H,44,45)/b23-13+. The van der Waals surface area contributed by atoms with Gasteiger partial charge in [-0.3, -0.25) is 24.4 Å². The number of pyridine rings is 1. The number of alkyl halides is 1. The van der Waals surface area contributed by atoms with Gasteiger partial charge in [-0.2, -0.15) is 0 Å². The van der Waals surface area contributed by atoms with Crippen LogP contribution in [0.3, 0.4) is 0 Å². The highest BCUT2D eigenvalue weighted by Gasteiger charge is 2.37. The molecule has 4 N–H and O–H groups in total. The third-order valence-electron chi connectivity index (χ3n) is 9.11. The molecule has 1 aliphatic carbocycles. The SMILES string of the molecule is CC(=O)NCC1CCN(Cc2cc(OC3CN=CNCCN(C4CC(C(=O)O)C4)CCNC3)nc(C(/C=C(\C)Cl)CCCl)c2)CC1. The molecule has 1 aromatic heterocycles. The number of carbonyl (C=O) groups excluding carboxylic acids is 1. The Bertz CT molecular complexity index is 1180. The van der Waals surface area contributed by atoms with Gasteiger partial charge in [0.15, 0.2) is 0 Å². The molecule has 0 aromatic carbocycles. The highest BCUT2D eigenvalue weighted by molar-refractivity contribution is 6.29. The maximum atomic E-state index is 11.4. The van der Waals surface area contributed by atoms with Gasteiger partial charge in [-0.15, -0.1) is 11.6 Å². The van der Waals surface area contributed by atoms with Gasteiger partial charge in [-0.1, -0.05) is 17.7 Å². The first kappa shape index (κ1) is 36.4. The van der Waals surface area contributed by atoms with E-state index in [0.29, 0.717) is 61.1 Å². The number of aliphatic imine (C=N–C) groups is 1. The number of piperidine rings is 1. The number of amides is 1. The molecule has 0 radical (unpaired) electrons. The number of ether oxygens (including phenoxy) is 1. The highest BCUT2D eigenvalue weighted by atomic mass is 35.5. The molecule has 2 unspecified atom stereocenters. The second-order valence-electron chi connectivity index (χ2n) is 12.8. The number of allylic oxidation sites excluding steroid dienone is 2. The summed E-state index contributed by atoms with van der Waals surface area (Å²) in [6, 6.07) is 4.49. The summed E-state index contributed by atoms with van der Waals surface area (Å²) in [5.41, 5.74) is 2.01. The summed E-state index contributed by atoms with van der Waals surface area (Å²) in [5, 5.41) is 19.8. The Morgan fingerprint density at radius 1 is 1.17 bits per heavy atom. The number of likely N-dealkylation sites (tertiary alicyclic amines) is 1. The Kier molecular flexibility index (Phi) is 14.9. The van der Waals surface area contributed by atoms with E-state index in [9.17, 15) is 14.7 Å². The minimum absolute atomic E-state index is 0.0250. The molecular formula is C33H51Cl2N7O4.